The van der Waals surface area contributed by atoms with Crippen molar-refractivity contribution in [2.24, 2.45) is 5.41 Å². The number of rotatable bonds is 4. The fraction of sp³-hybridized carbons (Fsp3) is 0.579. The number of amides is 2. The number of anilines is 1. The van der Waals surface area contributed by atoms with Crippen LogP contribution in [0.5, 0.6) is 0 Å². The van der Waals surface area contributed by atoms with Gasteiger partial charge in [-0.25, -0.2) is 9.59 Å². The van der Waals surface area contributed by atoms with Gasteiger partial charge in [0, 0.05) is 38.4 Å². The van der Waals surface area contributed by atoms with Crippen LogP contribution in [-0.4, -0.2) is 56.2 Å². The molecular weight excluding hydrogens is 318 g/mol. The molecule has 0 saturated carbocycles. The fourth-order valence-electron chi connectivity index (χ4n) is 2.64. The summed E-state index contributed by atoms with van der Waals surface area (Å²) in [5.41, 5.74) is 1.70. The van der Waals surface area contributed by atoms with E-state index in [0.29, 0.717) is 31.8 Å². The highest BCUT2D eigenvalue weighted by Gasteiger charge is 2.22. The van der Waals surface area contributed by atoms with Gasteiger partial charge in [0.2, 0.25) is 0 Å². The van der Waals surface area contributed by atoms with Crippen LogP contribution in [0.2, 0.25) is 0 Å². The van der Waals surface area contributed by atoms with Gasteiger partial charge in [-0.3, -0.25) is 0 Å². The number of benzene rings is 1. The van der Waals surface area contributed by atoms with Gasteiger partial charge in [0.15, 0.2) is 0 Å². The Hall–Kier alpha value is -2.24. The lowest BCUT2D eigenvalue weighted by Gasteiger charge is -2.36. The van der Waals surface area contributed by atoms with Gasteiger partial charge < -0.3 is 19.9 Å². The topological polar surface area (TPSA) is 61.9 Å². The van der Waals surface area contributed by atoms with Gasteiger partial charge in [-0.2, -0.15) is 0 Å². The van der Waals surface area contributed by atoms with Crippen LogP contribution >= 0.6 is 0 Å². The van der Waals surface area contributed by atoms with Crippen molar-refractivity contribution in [3.05, 3.63) is 29.8 Å². The number of ether oxygens (including phenoxy) is 1. The number of nitrogens with zero attached hydrogens (tertiary/aromatic N) is 2. The Morgan fingerprint density at radius 3 is 2.20 bits per heavy atom. The van der Waals surface area contributed by atoms with Gasteiger partial charge in [0.05, 0.1) is 12.2 Å². The molecule has 138 valence electrons. The lowest BCUT2D eigenvalue weighted by molar-refractivity contribution is 0.0526. The molecule has 1 aliphatic heterocycles. The van der Waals surface area contributed by atoms with Crippen molar-refractivity contribution >= 4 is 17.7 Å². The molecule has 1 aliphatic rings. The van der Waals surface area contributed by atoms with Crippen molar-refractivity contribution in [2.45, 2.75) is 27.7 Å². The minimum absolute atomic E-state index is 0.00670. The van der Waals surface area contributed by atoms with E-state index >= 15 is 0 Å². The summed E-state index contributed by atoms with van der Waals surface area (Å²) >= 11 is 0. The Balaban J connectivity index is 1.85. The van der Waals surface area contributed by atoms with Crippen molar-refractivity contribution in [1.29, 1.82) is 0 Å². The minimum atomic E-state index is -0.297. The van der Waals surface area contributed by atoms with Crippen LogP contribution in [0.25, 0.3) is 0 Å². The van der Waals surface area contributed by atoms with Crippen LogP contribution in [-0.2, 0) is 4.74 Å². The van der Waals surface area contributed by atoms with E-state index in [1.807, 2.05) is 17.0 Å². The summed E-state index contributed by atoms with van der Waals surface area (Å²) < 4.78 is 5.00. The largest absolute Gasteiger partial charge is 0.462 e. The van der Waals surface area contributed by atoms with E-state index in [1.165, 1.54) is 0 Å². The molecule has 1 aromatic carbocycles. The molecule has 2 amide bonds. The molecule has 2 rings (SSSR count). The van der Waals surface area contributed by atoms with E-state index in [-0.39, 0.29) is 17.4 Å². The predicted octanol–water partition coefficient (Wildman–Crippen LogP) is 2.74. The SMILES string of the molecule is CCOC(=O)c1ccc(N2CCN(C(=O)NCC(C)(C)C)CC2)cc1. The molecule has 0 unspecified atom stereocenters. The number of hydrogen-bond donors (Lipinski definition) is 1. The zero-order valence-corrected chi connectivity index (χ0v) is 15.7. The first-order valence-corrected chi connectivity index (χ1v) is 8.85. The van der Waals surface area contributed by atoms with Crippen LogP contribution in [0, 0.1) is 5.41 Å². The normalized spacial score (nSPS) is 15.0. The maximum Gasteiger partial charge on any atom is 0.338 e. The van der Waals surface area contributed by atoms with Crippen LogP contribution in [0.3, 0.4) is 0 Å². The lowest BCUT2D eigenvalue weighted by atomic mass is 9.97. The summed E-state index contributed by atoms with van der Waals surface area (Å²) in [5, 5.41) is 3.00. The highest BCUT2D eigenvalue weighted by Crippen LogP contribution is 2.18. The quantitative estimate of drug-likeness (QED) is 0.851. The van der Waals surface area contributed by atoms with Crippen LogP contribution in [0.4, 0.5) is 10.5 Å². The standard InChI is InChI=1S/C19H29N3O3/c1-5-25-17(23)15-6-8-16(9-7-15)21-10-12-22(13-11-21)18(24)20-14-19(2,3)4/h6-9H,5,10-14H2,1-4H3,(H,20,24). The molecule has 1 heterocycles. The molecule has 1 fully saturated rings. The maximum absolute atomic E-state index is 12.2. The number of carbonyl (C=O) groups is 2. The predicted molar refractivity (Wildman–Crippen MR) is 99.0 cm³/mol. The first kappa shape index (κ1) is 19.1. The second kappa shape index (κ2) is 8.23. The molecule has 0 radical (unpaired) electrons. The molecule has 25 heavy (non-hydrogen) atoms. The Labute approximate surface area is 150 Å². The fourth-order valence-corrected chi connectivity index (χ4v) is 2.64. The third kappa shape index (κ3) is 5.66. The summed E-state index contributed by atoms with van der Waals surface area (Å²) in [6, 6.07) is 7.45. The molecule has 0 aromatic heterocycles. The minimum Gasteiger partial charge on any atom is -0.462 e. The zero-order chi connectivity index (χ0) is 18.4. The van der Waals surface area contributed by atoms with E-state index in [1.54, 1.807) is 19.1 Å². The number of urea groups is 1. The Kier molecular flexibility index (Phi) is 6.28. The van der Waals surface area contributed by atoms with Gasteiger partial charge in [-0.05, 0) is 36.6 Å². The summed E-state index contributed by atoms with van der Waals surface area (Å²) in [6.45, 7) is 12.1. The second-order valence-electron chi connectivity index (χ2n) is 7.46. The van der Waals surface area contributed by atoms with E-state index < -0.39 is 0 Å². The maximum atomic E-state index is 12.2. The molecule has 1 N–H and O–H groups in total. The van der Waals surface area contributed by atoms with Crippen molar-refractivity contribution in [3.8, 4) is 0 Å². The van der Waals surface area contributed by atoms with Crippen molar-refractivity contribution in [3.63, 3.8) is 0 Å². The van der Waals surface area contributed by atoms with Gasteiger partial charge in [-0.1, -0.05) is 20.8 Å². The van der Waals surface area contributed by atoms with Gasteiger partial charge in [0.1, 0.15) is 0 Å². The Bertz CT molecular complexity index is 585. The molecule has 0 bridgehead atoms. The van der Waals surface area contributed by atoms with Crippen LogP contribution < -0.4 is 10.2 Å². The molecule has 1 aromatic rings. The van der Waals surface area contributed by atoms with E-state index in [9.17, 15) is 9.59 Å². The van der Waals surface area contributed by atoms with E-state index in [2.05, 4.69) is 31.0 Å². The molecule has 6 nitrogen and oxygen atoms in total. The molecule has 6 heteroatoms. The van der Waals surface area contributed by atoms with Crippen LogP contribution in [0.1, 0.15) is 38.1 Å². The molecule has 1 saturated heterocycles. The van der Waals surface area contributed by atoms with Crippen LogP contribution in [0.15, 0.2) is 24.3 Å². The molecular formula is C19H29N3O3. The van der Waals surface area contributed by atoms with Gasteiger partial charge >= 0.3 is 12.0 Å². The average molecular weight is 347 g/mol. The van der Waals surface area contributed by atoms with Crippen molar-refractivity contribution in [1.82, 2.24) is 10.2 Å². The lowest BCUT2D eigenvalue weighted by Crippen LogP contribution is -2.52. The zero-order valence-electron chi connectivity index (χ0n) is 15.7. The van der Waals surface area contributed by atoms with Gasteiger partial charge in [0.25, 0.3) is 0 Å². The monoisotopic (exact) mass is 347 g/mol. The first-order valence-electron chi connectivity index (χ1n) is 8.85. The number of piperazine rings is 1. The number of esters is 1. The van der Waals surface area contributed by atoms with Crippen molar-refractivity contribution in [2.75, 3.05) is 44.2 Å². The number of nitrogens with one attached hydrogen (secondary N) is 1. The summed E-state index contributed by atoms with van der Waals surface area (Å²) in [4.78, 5) is 28.0. The third-order valence-corrected chi connectivity index (χ3v) is 4.08. The highest BCUT2D eigenvalue weighted by atomic mass is 16.5. The van der Waals surface area contributed by atoms with E-state index in [4.69, 9.17) is 4.74 Å². The Morgan fingerprint density at radius 2 is 1.68 bits per heavy atom. The second-order valence-corrected chi connectivity index (χ2v) is 7.46. The Morgan fingerprint density at radius 1 is 1.08 bits per heavy atom. The summed E-state index contributed by atoms with van der Waals surface area (Å²) in [5.74, 6) is -0.297. The molecule has 0 atom stereocenters. The highest BCUT2D eigenvalue weighted by molar-refractivity contribution is 5.89. The number of carbonyl (C=O) groups excluding carboxylic acids is 2. The smallest absolute Gasteiger partial charge is 0.338 e. The summed E-state index contributed by atoms with van der Waals surface area (Å²) in [7, 11) is 0. The first-order chi connectivity index (χ1) is 11.8. The molecule has 0 spiro atoms. The average Bonchev–Trinajstić information content (AvgIpc) is 2.59. The van der Waals surface area contributed by atoms with Gasteiger partial charge in [-0.15, -0.1) is 0 Å². The third-order valence-electron chi connectivity index (χ3n) is 4.08. The molecule has 0 aliphatic carbocycles. The van der Waals surface area contributed by atoms with Crippen molar-refractivity contribution < 1.29 is 14.3 Å². The number of hydrogen-bond acceptors (Lipinski definition) is 4. The summed E-state index contributed by atoms with van der Waals surface area (Å²) in [6.07, 6.45) is 0. The van der Waals surface area contributed by atoms with E-state index in [0.717, 1.165) is 18.8 Å².